The molecule has 0 heterocycles. The fourth-order valence-corrected chi connectivity index (χ4v) is 1.07. The van der Waals surface area contributed by atoms with Gasteiger partial charge in [0.25, 0.3) is 0 Å². The van der Waals surface area contributed by atoms with E-state index in [9.17, 15) is 0 Å². The predicted molar refractivity (Wildman–Crippen MR) is 50.0 cm³/mol. The highest BCUT2D eigenvalue weighted by atomic mass is 79.9. The molecule has 0 aliphatic heterocycles. The van der Waals surface area contributed by atoms with Gasteiger partial charge in [-0.3, -0.25) is 0 Å². The summed E-state index contributed by atoms with van der Waals surface area (Å²) in [5, 5.41) is 8.27. The number of nitriles is 1. The van der Waals surface area contributed by atoms with Crippen molar-refractivity contribution in [2.75, 3.05) is 6.61 Å². The average Bonchev–Trinajstić information content (AvgIpc) is 2.07. The van der Waals surface area contributed by atoms with Gasteiger partial charge in [-0.15, -0.1) is 0 Å². The smallest absolute Gasteiger partial charge is 0.174 e. The molecule has 0 unspecified atom stereocenters. The van der Waals surface area contributed by atoms with Crippen molar-refractivity contribution < 1.29 is 4.74 Å². The topological polar surface area (TPSA) is 33.0 Å². The molecule has 0 radical (unpaired) electrons. The van der Waals surface area contributed by atoms with Crippen LogP contribution >= 0.6 is 15.9 Å². The molecule has 3 heteroatoms. The quantitative estimate of drug-likeness (QED) is 0.776. The number of benzene rings is 1. The van der Waals surface area contributed by atoms with E-state index in [0.29, 0.717) is 0 Å². The van der Waals surface area contributed by atoms with Crippen LogP contribution in [0.2, 0.25) is 0 Å². The van der Waals surface area contributed by atoms with Crippen molar-refractivity contribution in [1.29, 1.82) is 5.26 Å². The summed E-state index contributed by atoms with van der Waals surface area (Å²) in [6.45, 7) is 2.07. The van der Waals surface area contributed by atoms with Crippen LogP contribution in [0.1, 0.15) is 5.56 Å². The number of hydrogen-bond acceptors (Lipinski definition) is 2. The second kappa shape index (κ2) is 4.13. The Kier molecular flexibility index (Phi) is 3.12. The van der Waals surface area contributed by atoms with Crippen LogP contribution in [-0.4, -0.2) is 6.61 Å². The maximum atomic E-state index is 8.27. The van der Waals surface area contributed by atoms with Crippen molar-refractivity contribution in [2.45, 2.75) is 6.92 Å². The van der Waals surface area contributed by atoms with E-state index >= 15 is 0 Å². The Balaban J connectivity index is 2.77. The first-order valence-corrected chi connectivity index (χ1v) is 4.29. The summed E-state index contributed by atoms with van der Waals surface area (Å²) in [4.78, 5) is 0. The number of rotatable bonds is 2. The Bertz CT molecular complexity index is 317. The fraction of sp³-hybridized carbons (Fsp3) is 0.222. The van der Waals surface area contributed by atoms with Crippen LogP contribution in [-0.2, 0) is 0 Å². The molecule has 0 bridgehead atoms. The number of aryl methyl sites for hydroxylation is 1. The van der Waals surface area contributed by atoms with Gasteiger partial charge in [-0.1, -0.05) is 15.9 Å². The highest BCUT2D eigenvalue weighted by Gasteiger charge is 1.96. The summed E-state index contributed by atoms with van der Waals surface area (Å²) in [7, 11) is 0. The molecular formula is C9H8BrNO. The number of ether oxygens (including phenoxy) is 1. The van der Waals surface area contributed by atoms with Gasteiger partial charge in [0.15, 0.2) is 6.61 Å². The third kappa shape index (κ3) is 2.24. The van der Waals surface area contributed by atoms with Crippen molar-refractivity contribution in [3.8, 4) is 11.8 Å². The lowest BCUT2D eigenvalue weighted by atomic mass is 10.2. The average molecular weight is 226 g/mol. The van der Waals surface area contributed by atoms with Gasteiger partial charge >= 0.3 is 0 Å². The lowest BCUT2D eigenvalue weighted by Gasteiger charge is -2.03. The van der Waals surface area contributed by atoms with E-state index in [1.807, 2.05) is 31.2 Å². The maximum absolute atomic E-state index is 8.27. The number of nitrogens with zero attached hydrogens (tertiary/aromatic N) is 1. The summed E-state index contributed by atoms with van der Waals surface area (Å²) in [5.41, 5.74) is 1.10. The molecule has 0 aliphatic rings. The van der Waals surface area contributed by atoms with Crippen LogP contribution in [0.25, 0.3) is 0 Å². The van der Waals surface area contributed by atoms with Gasteiger partial charge in [0.2, 0.25) is 0 Å². The van der Waals surface area contributed by atoms with Crippen LogP contribution in [0, 0.1) is 18.3 Å². The molecule has 2 nitrogen and oxygen atoms in total. The molecule has 0 fully saturated rings. The van der Waals surface area contributed by atoms with Crippen molar-refractivity contribution >= 4 is 15.9 Å². The van der Waals surface area contributed by atoms with Crippen LogP contribution < -0.4 is 4.74 Å². The maximum Gasteiger partial charge on any atom is 0.174 e. The second-order valence-corrected chi connectivity index (χ2v) is 3.21. The fourth-order valence-electron chi connectivity index (χ4n) is 0.823. The number of halogens is 1. The van der Waals surface area contributed by atoms with Gasteiger partial charge < -0.3 is 4.74 Å². The van der Waals surface area contributed by atoms with Gasteiger partial charge in [0, 0.05) is 4.47 Å². The molecule has 0 atom stereocenters. The monoisotopic (exact) mass is 225 g/mol. The minimum Gasteiger partial charge on any atom is -0.479 e. The van der Waals surface area contributed by atoms with Gasteiger partial charge in [-0.2, -0.15) is 5.26 Å². The first kappa shape index (κ1) is 9.08. The predicted octanol–water partition coefficient (Wildman–Crippen LogP) is 2.66. The van der Waals surface area contributed by atoms with E-state index in [0.717, 1.165) is 15.8 Å². The second-order valence-electron chi connectivity index (χ2n) is 2.36. The van der Waals surface area contributed by atoms with E-state index in [1.165, 1.54) is 0 Å². The molecule has 0 spiro atoms. The Morgan fingerprint density at radius 1 is 1.58 bits per heavy atom. The molecular weight excluding hydrogens is 218 g/mol. The molecule has 0 saturated heterocycles. The SMILES string of the molecule is Cc1cc(OCC#N)ccc1Br. The standard InChI is InChI=1S/C9H8BrNO/c1-7-6-8(12-5-4-11)2-3-9(7)10/h2-3,6H,5H2,1H3. The third-order valence-corrected chi connectivity index (χ3v) is 2.32. The Hall–Kier alpha value is -1.01. The molecule has 1 aromatic rings. The summed E-state index contributed by atoms with van der Waals surface area (Å²) in [5.74, 6) is 0.734. The zero-order valence-electron chi connectivity index (χ0n) is 6.67. The normalized spacial score (nSPS) is 9.08. The van der Waals surface area contributed by atoms with E-state index < -0.39 is 0 Å². The van der Waals surface area contributed by atoms with Crippen molar-refractivity contribution in [3.05, 3.63) is 28.2 Å². The lowest BCUT2D eigenvalue weighted by Crippen LogP contribution is -1.93. The molecule has 0 saturated carbocycles. The van der Waals surface area contributed by atoms with E-state index in [1.54, 1.807) is 0 Å². The molecule has 1 aromatic carbocycles. The van der Waals surface area contributed by atoms with Gasteiger partial charge in [-0.05, 0) is 30.7 Å². The summed E-state index contributed by atoms with van der Waals surface area (Å²) in [6, 6.07) is 7.54. The van der Waals surface area contributed by atoms with Gasteiger partial charge in [-0.25, -0.2) is 0 Å². The lowest BCUT2D eigenvalue weighted by molar-refractivity contribution is 0.368. The largest absolute Gasteiger partial charge is 0.479 e. The first-order chi connectivity index (χ1) is 5.74. The van der Waals surface area contributed by atoms with E-state index in [4.69, 9.17) is 10.00 Å². The first-order valence-electron chi connectivity index (χ1n) is 3.50. The van der Waals surface area contributed by atoms with Crippen molar-refractivity contribution in [2.24, 2.45) is 0 Å². The summed E-state index contributed by atoms with van der Waals surface area (Å²) in [6.07, 6.45) is 0. The minimum absolute atomic E-state index is 0.0983. The molecule has 0 aromatic heterocycles. The highest BCUT2D eigenvalue weighted by molar-refractivity contribution is 9.10. The molecule has 0 N–H and O–H groups in total. The van der Waals surface area contributed by atoms with Crippen LogP contribution in [0.5, 0.6) is 5.75 Å². The number of hydrogen-bond donors (Lipinski definition) is 0. The summed E-state index contributed by atoms with van der Waals surface area (Å²) < 4.78 is 6.16. The van der Waals surface area contributed by atoms with Crippen molar-refractivity contribution in [3.63, 3.8) is 0 Å². The third-order valence-electron chi connectivity index (χ3n) is 1.43. The Labute approximate surface area is 79.9 Å². The molecule has 62 valence electrons. The van der Waals surface area contributed by atoms with E-state index in [2.05, 4.69) is 15.9 Å². The summed E-state index contributed by atoms with van der Waals surface area (Å²) >= 11 is 3.38. The molecule has 0 amide bonds. The van der Waals surface area contributed by atoms with Gasteiger partial charge in [0.05, 0.1) is 0 Å². The van der Waals surface area contributed by atoms with Crippen LogP contribution in [0.15, 0.2) is 22.7 Å². The Morgan fingerprint density at radius 2 is 2.33 bits per heavy atom. The van der Waals surface area contributed by atoms with E-state index in [-0.39, 0.29) is 6.61 Å². The molecule has 1 rings (SSSR count). The van der Waals surface area contributed by atoms with Crippen LogP contribution in [0.4, 0.5) is 0 Å². The highest BCUT2D eigenvalue weighted by Crippen LogP contribution is 2.21. The minimum atomic E-state index is 0.0983. The molecule has 12 heavy (non-hydrogen) atoms. The van der Waals surface area contributed by atoms with Gasteiger partial charge in [0.1, 0.15) is 11.8 Å². The van der Waals surface area contributed by atoms with Crippen LogP contribution in [0.3, 0.4) is 0 Å². The van der Waals surface area contributed by atoms with Crippen molar-refractivity contribution in [1.82, 2.24) is 0 Å². The molecule has 0 aliphatic carbocycles. The zero-order valence-corrected chi connectivity index (χ0v) is 8.26. The Morgan fingerprint density at radius 3 is 2.92 bits per heavy atom. The zero-order chi connectivity index (χ0) is 8.97.